The summed E-state index contributed by atoms with van der Waals surface area (Å²) in [4.78, 5) is 22.2. The van der Waals surface area contributed by atoms with Crippen LogP contribution in [0, 0.1) is 0 Å². The lowest BCUT2D eigenvalue weighted by Gasteiger charge is -2.24. The first-order valence-electron chi connectivity index (χ1n) is 5.52. The second-order valence-electron chi connectivity index (χ2n) is 3.74. The van der Waals surface area contributed by atoms with Gasteiger partial charge >= 0.3 is 11.8 Å². The molecule has 5 nitrogen and oxygen atoms in total. The summed E-state index contributed by atoms with van der Waals surface area (Å²) < 4.78 is 5.39. The van der Waals surface area contributed by atoms with Crippen molar-refractivity contribution in [3.63, 3.8) is 0 Å². The van der Waals surface area contributed by atoms with Gasteiger partial charge in [-0.05, 0) is 24.6 Å². The molecule has 0 radical (unpaired) electrons. The van der Waals surface area contributed by atoms with Crippen molar-refractivity contribution in [2.45, 2.75) is 13.0 Å². The summed E-state index contributed by atoms with van der Waals surface area (Å²) in [6, 6.07) is 7.29. The molecule has 5 heteroatoms. The van der Waals surface area contributed by atoms with Gasteiger partial charge in [-0.1, -0.05) is 12.1 Å². The van der Waals surface area contributed by atoms with Crippen LogP contribution in [0.2, 0.25) is 0 Å². The molecule has 1 aliphatic heterocycles. The largest absolute Gasteiger partial charge is 0.494 e. The summed E-state index contributed by atoms with van der Waals surface area (Å²) in [5.41, 5.74) is 0.921. The molecule has 1 unspecified atom stereocenters. The topological polar surface area (TPSA) is 67.4 Å². The van der Waals surface area contributed by atoms with Crippen molar-refractivity contribution in [3.05, 3.63) is 29.8 Å². The average Bonchev–Trinajstić information content (AvgIpc) is 2.33. The normalized spacial score (nSPS) is 19.5. The van der Waals surface area contributed by atoms with Gasteiger partial charge in [-0.25, -0.2) is 0 Å². The van der Waals surface area contributed by atoms with Crippen LogP contribution in [0.3, 0.4) is 0 Å². The average molecular weight is 234 g/mol. The van der Waals surface area contributed by atoms with Gasteiger partial charge in [0.1, 0.15) is 5.75 Å². The molecule has 2 rings (SSSR count). The van der Waals surface area contributed by atoms with E-state index in [1.54, 1.807) is 0 Å². The van der Waals surface area contributed by atoms with E-state index in [2.05, 4.69) is 10.6 Å². The minimum atomic E-state index is -0.594. The molecule has 0 saturated carbocycles. The van der Waals surface area contributed by atoms with Gasteiger partial charge in [-0.15, -0.1) is 0 Å². The van der Waals surface area contributed by atoms with E-state index in [1.807, 2.05) is 31.2 Å². The number of amides is 2. The maximum atomic E-state index is 11.2. The number of hydrogen-bond acceptors (Lipinski definition) is 3. The van der Waals surface area contributed by atoms with Gasteiger partial charge in [0.2, 0.25) is 0 Å². The standard InChI is InChI=1S/C12H14N2O3/c1-2-17-9-5-3-4-8(6-9)10-7-13-11(15)12(16)14-10/h3-6,10H,2,7H2,1H3,(H,13,15)(H,14,16). The van der Waals surface area contributed by atoms with E-state index in [1.165, 1.54) is 0 Å². The summed E-state index contributed by atoms with van der Waals surface area (Å²) >= 11 is 0. The van der Waals surface area contributed by atoms with Crippen molar-refractivity contribution in [3.8, 4) is 5.75 Å². The van der Waals surface area contributed by atoms with Crippen LogP contribution in [0.5, 0.6) is 5.75 Å². The molecular weight excluding hydrogens is 220 g/mol. The smallest absolute Gasteiger partial charge is 0.309 e. The molecule has 2 N–H and O–H groups in total. The van der Waals surface area contributed by atoms with E-state index in [-0.39, 0.29) is 6.04 Å². The molecule has 17 heavy (non-hydrogen) atoms. The molecule has 2 amide bonds. The monoisotopic (exact) mass is 234 g/mol. The lowest BCUT2D eigenvalue weighted by molar-refractivity contribution is -0.141. The Hall–Kier alpha value is -2.04. The predicted molar refractivity (Wildman–Crippen MR) is 61.5 cm³/mol. The molecule has 1 heterocycles. The van der Waals surface area contributed by atoms with Gasteiger partial charge in [0.15, 0.2) is 0 Å². The molecule has 0 bridgehead atoms. The van der Waals surface area contributed by atoms with E-state index in [0.29, 0.717) is 13.2 Å². The fourth-order valence-electron chi connectivity index (χ4n) is 1.74. The molecule has 1 fully saturated rings. The minimum Gasteiger partial charge on any atom is -0.494 e. The molecular formula is C12H14N2O3. The molecule has 0 aliphatic carbocycles. The number of nitrogens with one attached hydrogen (secondary N) is 2. The first-order chi connectivity index (χ1) is 8.20. The fourth-order valence-corrected chi connectivity index (χ4v) is 1.74. The second kappa shape index (κ2) is 4.86. The van der Waals surface area contributed by atoms with Crippen molar-refractivity contribution in [1.82, 2.24) is 10.6 Å². The van der Waals surface area contributed by atoms with Crippen LogP contribution in [0.1, 0.15) is 18.5 Å². The van der Waals surface area contributed by atoms with E-state index < -0.39 is 11.8 Å². The zero-order chi connectivity index (χ0) is 12.3. The highest BCUT2D eigenvalue weighted by Gasteiger charge is 2.25. The Morgan fingerprint density at radius 1 is 1.35 bits per heavy atom. The van der Waals surface area contributed by atoms with Crippen molar-refractivity contribution in [2.75, 3.05) is 13.2 Å². The summed E-state index contributed by atoms with van der Waals surface area (Å²) in [6.45, 7) is 2.91. The maximum absolute atomic E-state index is 11.2. The van der Waals surface area contributed by atoms with E-state index in [4.69, 9.17) is 4.74 Å². The quantitative estimate of drug-likeness (QED) is 0.743. The van der Waals surface area contributed by atoms with Crippen LogP contribution >= 0.6 is 0 Å². The lowest BCUT2D eigenvalue weighted by atomic mass is 10.0. The zero-order valence-corrected chi connectivity index (χ0v) is 9.53. The first kappa shape index (κ1) is 11.4. The first-order valence-corrected chi connectivity index (χ1v) is 5.52. The van der Waals surface area contributed by atoms with Crippen molar-refractivity contribution < 1.29 is 14.3 Å². The van der Waals surface area contributed by atoms with Gasteiger partial charge in [-0.2, -0.15) is 0 Å². The molecule has 1 aromatic rings. The van der Waals surface area contributed by atoms with Gasteiger partial charge in [0, 0.05) is 6.54 Å². The van der Waals surface area contributed by atoms with Crippen molar-refractivity contribution in [2.24, 2.45) is 0 Å². The fraction of sp³-hybridized carbons (Fsp3) is 0.333. The SMILES string of the molecule is CCOc1cccc(C2CNC(=O)C(=O)N2)c1. The molecule has 1 aromatic carbocycles. The molecule has 1 saturated heterocycles. The highest BCUT2D eigenvalue weighted by molar-refractivity contribution is 6.35. The van der Waals surface area contributed by atoms with Gasteiger partial charge in [0.25, 0.3) is 0 Å². The van der Waals surface area contributed by atoms with Crippen LogP contribution in [0.4, 0.5) is 0 Å². The number of rotatable bonds is 3. The van der Waals surface area contributed by atoms with E-state index >= 15 is 0 Å². The van der Waals surface area contributed by atoms with Gasteiger partial charge < -0.3 is 15.4 Å². The highest BCUT2D eigenvalue weighted by atomic mass is 16.5. The number of piperazine rings is 1. The second-order valence-corrected chi connectivity index (χ2v) is 3.74. The van der Waals surface area contributed by atoms with Crippen LogP contribution in [0.15, 0.2) is 24.3 Å². The third kappa shape index (κ3) is 2.55. The number of carbonyl (C=O) groups is 2. The number of hydrogen-bond donors (Lipinski definition) is 2. The van der Waals surface area contributed by atoms with Crippen molar-refractivity contribution in [1.29, 1.82) is 0 Å². The zero-order valence-electron chi connectivity index (χ0n) is 9.53. The summed E-state index contributed by atoms with van der Waals surface area (Å²) in [7, 11) is 0. The Labute approximate surface area is 99.2 Å². The van der Waals surface area contributed by atoms with Crippen molar-refractivity contribution >= 4 is 11.8 Å². The number of carbonyl (C=O) groups excluding carboxylic acids is 2. The summed E-state index contributed by atoms with van der Waals surface area (Å²) in [5, 5.41) is 5.19. The highest BCUT2D eigenvalue weighted by Crippen LogP contribution is 2.20. The van der Waals surface area contributed by atoms with Crippen LogP contribution in [0.25, 0.3) is 0 Å². The van der Waals surface area contributed by atoms with Crippen LogP contribution in [-0.2, 0) is 9.59 Å². The molecule has 0 aromatic heterocycles. The molecule has 0 spiro atoms. The predicted octanol–water partition coefficient (Wildman–Crippen LogP) is 0.372. The van der Waals surface area contributed by atoms with E-state index in [0.717, 1.165) is 11.3 Å². The Balaban J connectivity index is 2.14. The summed E-state index contributed by atoms with van der Waals surface area (Å²) in [5.74, 6) is -0.415. The Kier molecular flexibility index (Phi) is 3.27. The Morgan fingerprint density at radius 2 is 2.18 bits per heavy atom. The Morgan fingerprint density at radius 3 is 2.88 bits per heavy atom. The van der Waals surface area contributed by atoms with Gasteiger partial charge in [0.05, 0.1) is 12.6 Å². The molecule has 1 atom stereocenters. The third-order valence-corrected chi connectivity index (χ3v) is 2.55. The van der Waals surface area contributed by atoms with Gasteiger partial charge in [-0.3, -0.25) is 9.59 Å². The number of ether oxygens (including phenoxy) is 1. The summed E-state index contributed by atoms with van der Waals surface area (Å²) in [6.07, 6.45) is 0. The minimum absolute atomic E-state index is 0.194. The van der Waals surface area contributed by atoms with Crippen LogP contribution < -0.4 is 15.4 Å². The maximum Gasteiger partial charge on any atom is 0.309 e. The molecule has 90 valence electrons. The van der Waals surface area contributed by atoms with Crippen LogP contribution in [-0.4, -0.2) is 25.0 Å². The Bertz CT molecular complexity index is 445. The van der Waals surface area contributed by atoms with E-state index in [9.17, 15) is 9.59 Å². The molecule has 1 aliphatic rings. The third-order valence-electron chi connectivity index (χ3n) is 2.55. The number of benzene rings is 1. The lowest BCUT2D eigenvalue weighted by Crippen LogP contribution is -2.51.